The van der Waals surface area contributed by atoms with Crippen LogP contribution in [0.25, 0.3) is 0 Å². The predicted octanol–water partition coefficient (Wildman–Crippen LogP) is 3.77. The van der Waals surface area contributed by atoms with E-state index >= 15 is 0 Å². The van der Waals surface area contributed by atoms with Gasteiger partial charge in [0.05, 0.1) is 27.5 Å². The highest BCUT2D eigenvalue weighted by Gasteiger charge is 2.09. The number of benzene rings is 1. The lowest BCUT2D eigenvalue weighted by Crippen LogP contribution is -2.16. The smallest absolute Gasteiger partial charge is 0.460 e. The summed E-state index contributed by atoms with van der Waals surface area (Å²) in [6.07, 6.45) is -0.963. The average molecular weight is 425 g/mol. The third-order valence-corrected chi connectivity index (χ3v) is 4.26. The van der Waals surface area contributed by atoms with Gasteiger partial charge in [0.15, 0.2) is 0 Å². The van der Waals surface area contributed by atoms with Crippen LogP contribution in [0, 0.1) is 13.9 Å². The standard InChI is InChI=1S/C17H15NO8S2/c19-16(12-1-6-15(27)28-11-12)24-9-7-23-8-10-25-17(20)26-14-4-2-13(3-5-14)18(21)22/h1-6,11H,7-10H2. The van der Waals surface area contributed by atoms with Crippen molar-refractivity contribution in [2.75, 3.05) is 26.4 Å². The van der Waals surface area contributed by atoms with Gasteiger partial charge in [0.2, 0.25) is 0 Å². The molecule has 28 heavy (non-hydrogen) atoms. The summed E-state index contributed by atoms with van der Waals surface area (Å²) in [5.74, 6) is -0.355. The van der Waals surface area contributed by atoms with E-state index < -0.39 is 17.0 Å². The summed E-state index contributed by atoms with van der Waals surface area (Å²) in [6.45, 7) is 0.197. The van der Waals surface area contributed by atoms with E-state index in [1.165, 1.54) is 35.6 Å². The Balaban J connectivity index is 1.55. The van der Waals surface area contributed by atoms with Crippen molar-refractivity contribution in [3.8, 4) is 5.75 Å². The Morgan fingerprint density at radius 2 is 1.68 bits per heavy atom. The normalized spacial score (nSPS) is 10.1. The number of nitro benzene ring substituents is 1. The summed E-state index contributed by atoms with van der Waals surface area (Å²) in [6, 6.07) is 8.23. The number of carbonyl (C=O) groups excluding carboxylic acids is 2. The maximum absolute atomic E-state index is 11.7. The third kappa shape index (κ3) is 7.39. The van der Waals surface area contributed by atoms with Gasteiger partial charge in [0, 0.05) is 17.5 Å². The topological polar surface area (TPSA) is 114 Å². The van der Waals surface area contributed by atoms with Crippen LogP contribution in [0.15, 0.2) is 41.8 Å². The van der Waals surface area contributed by atoms with Crippen LogP contribution < -0.4 is 4.74 Å². The molecule has 9 nitrogen and oxygen atoms in total. The molecule has 0 aliphatic carbocycles. The summed E-state index contributed by atoms with van der Waals surface area (Å²) in [5.41, 5.74) is 0.295. The van der Waals surface area contributed by atoms with Crippen LogP contribution in [0.5, 0.6) is 5.75 Å². The van der Waals surface area contributed by atoms with Gasteiger partial charge in [-0.1, -0.05) is 12.2 Å². The monoisotopic (exact) mass is 425 g/mol. The summed E-state index contributed by atoms with van der Waals surface area (Å²) in [5, 5.41) is 12.2. The number of hydrogen-bond donors (Lipinski definition) is 0. The van der Waals surface area contributed by atoms with Gasteiger partial charge >= 0.3 is 12.1 Å². The number of carbonyl (C=O) groups is 2. The number of nitro groups is 1. The van der Waals surface area contributed by atoms with Gasteiger partial charge in [-0.05, 0) is 24.3 Å². The highest BCUT2D eigenvalue weighted by atomic mass is 32.1. The number of nitrogens with zero attached hydrogens (tertiary/aromatic N) is 1. The van der Waals surface area contributed by atoms with Crippen molar-refractivity contribution < 1.29 is 33.5 Å². The van der Waals surface area contributed by atoms with Crippen molar-refractivity contribution >= 4 is 41.4 Å². The molecule has 0 N–H and O–H groups in total. The fraction of sp³-hybridized carbons (Fsp3) is 0.235. The van der Waals surface area contributed by atoms with Crippen LogP contribution in [-0.2, 0) is 14.2 Å². The zero-order chi connectivity index (χ0) is 20.4. The maximum Gasteiger partial charge on any atom is 0.513 e. The van der Waals surface area contributed by atoms with Crippen LogP contribution >= 0.6 is 23.6 Å². The fourth-order valence-electron chi connectivity index (χ4n) is 1.80. The molecule has 148 valence electrons. The molecule has 1 aromatic carbocycles. The van der Waals surface area contributed by atoms with Crippen molar-refractivity contribution in [1.29, 1.82) is 0 Å². The largest absolute Gasteiger partial charge is 0.513 e. The molecule has 0 radical (unpaired) electrons. The lowest BCUT2D eigenvalue weighted by Gasteiger charge is -2.07. The SMILES string of the molecule is O=C(OCCOCCOC(=O)c1ccc(=S)sc1)Oc1ccc([N+](=O)[O-])cc1. The second-order valence-corrected chi connectivity index (χ2v) is 6.65. The van der Waals surface area contributed by atoms with Crippen LogP contribution in [0.2, 0.25) is 0 Å². The van der Waals surface area contributed by atoms with Crippen molar-refractivity contribution in [3.63, 3.8) is 0 Å². The molecular weight excluding hydrogens is 410 g/mol. The molecule has 0 saturated heterocycles. The molecule has 0 aliphatic heterocycles. The Morgan fingerprint density at radius 3 is 2.29 bits per heavy atom. The molecule has 0 fully saturated rings. The van der Waals surface area contributed by atoms with E-state index in [2.05, 4.69) is 0 Å². The van der Waals surface area contributed by atoms with E-state index in [0.717, 1.165) is 0 Å². The van der Waals surface area contributed by atoms with E-state index in [0.29, 0.717) is 9.39 Å². The van der Waals surface area contributed by atoms with Gasteiger partial charge < -0.3 is 18.9 Å². The van der Waals surface area contributed by atoms with Crippen LogP contribution in [0.1, 0.15) is 10.4 Å². The zero-order valence-corrected chi connectivity index (χ0v) is 16.0. The molecule has 0 bridgehead atoms. The molecule has 1 aromatic heterocycles. The maximum atomic E-state index is 11.7. The van der Waals surface area contributed by atoms with Crippen LogP contribution in [0.4, 0.5) is 10.5 Å². The molecule has 11 heteroatoms. The molecule has 0 unspecified atom stereocenters. The lowest BCUT2D eigenvalue weighted by molar-refractivity contribution is -0.384. The van der Waals surface area contributed by atoms with Gasteiger partial charge in [0.1, 0.15) is 19.0 Å². The van der Waals surface area contributed by atoms with Crippen LogP contribution in [-0.4, -0.2) is 43.5 Å². The van der Waals surface area contributed by atoms with E-state index in [9.17, 15) is 19.7 Å². The first kappa shape index (κ1) is 21.4. The average Bonchev–Trinajstić information content (AvgIpc) is 2.68. The molecule has 0 atom stereocenters. The summed E-state index contributed by atoms with van der Waals surface area (Å²) < 4.78 is 20.5. The minimum Gasteiger partial charge on any atom is -0.460 e. The van der Waals surface area contributed by atoms with Gasteiger partial charge in [-0.3, -0.25) is 10.1 Å². The highest BCUT2D eigenvalue weighted by Crippen LogP contribution is 2.17. The molecule has 2 rings (SSSR count). The quantitative estimate of drug-likeness (QED) is 0.148. The minimum atomic E-state index is -0.963. The Kier molecular flexibility index (Phi) is 8.46. The first-order chi connectivity index (χ1) is 13.5. The summed E-state index contributed by atoms with van der Waals surface area (Å²) in [4.78, 5) is 33.2. The predicted molar refractivity (Wildman–Crippen MR) is 101 cm³/mol. The Labute approximate surface area is 168 Å². The number of rotatable bonds is 9. The Bertz CT molecular complexity index is 861. The van der Waals surface area contributed by atoms with Crippen molar-refractivity contribution in [2.45, 2.75) is 0 Å². The first-order valence-electron chi connectivity index (χ1n) is 7.88. The van der Waals surface area contributed by atoms with Crippen molar-refractivity contribution in [2.24, 2.45) is 0 Å². The number of non-ortho nitro benzene ring substituents is 1. The number of hydrogen-bond acceptors (Lipinski definition) is 10. The second kappa shape index (κ2) is 11.1. The molecule has 2 aromatic rings. The van der Waals surface area contributed by atoms with E-state index in [4.69, 9.17) is 31.2 Å². The summed E-state index contributed by atoms with van der Waals surface area (Å²) >= 11 is 6.22. The molecule has 0 amide bonds. The highest BCUT2D eigenvalue weighted by molar-refractivity contribution is 7.73. The lowest BCUT2D eigenvalue weighted by atomic mass is 10.3. The van der Waals surface area contributed by atoms with Gasteiger partial charge in [-0.15, -0.1) is 11.3 Å². The fourth-order valence-corrected chi connectivity index (χ4v) is 2.58. The number of ether oxygens (including phenoxy) is 4. The second-order valence-electron chi connectivity index (χ2n) is 5.04. The van der Waals surface area contributed by atoms with E-state index in [-0.39, 0.29) is 37.9 Å². The molecule has 0 spiro atoms. The molecule has 0 aliphatic rings. The van der Waals surface area contributed by atoms with Crippen molar-refractivity contribution in [1.82, 2.24) is 0 Å². The van der Waals surface area contributed by atoms with E-state index in [1.807, 2.05) is 0 Å². The molecular formula is C17H15NO8S2. The Morgan fingerprint density at radius 1 is 1.00 bits per heavy atom. The third-order valence-electron chi connectivity index (χ3n) is 3.09. The van der Waals surface area contributed by atoms with Gasteiger partial charge in [-0.2, -0.15) is 0 Å². The minimum absolute atomic E-state index is 0.0480. The Hall–Kier alpha value is -2.89. The molecule has 1 heterocycles. The summed E-state index contributed by atoms with van der Waals surface area (Å²) in [7, 11) is 0. The zero-order valence-electron chi connectivity index (χ0n) is 14.4. The van der Waals surface area contributed by atoms with Crippen molar-refractivity contribution in [3.05, 3.63) is 61.3 Å². The van der Waals surface area contributed by atoms with Crippen LogP contribution in [0.3, 0.4) is 0 Å². The van der Waals surface area contributed by atoms with Gasteiger partial charge in [-0.25, -0.2) is 9.59 Å². The molecule has 0 saturated carbocycles. The van der Waals surface area contributed by atoms with Gasteiger partial charge in [0.25, 0.3) is 5.69 Å². The van der Waals surface area contributed by atoms with E-state index in [1.54, 1.807) is 17.5 Å². The first-order valence-corrected chi connectivity index (χ1v) is 9.17. The number of esters is 1.